The van der Waals surface area contributed by atoms with E-state index in [0.29, 0.717) is 5.56 Å². The molecule has 0 bridgehead atoms. The highest BCUT2D eigenvalue weighted by molar-refractivity contribution is 7.92. The predicted octanol–water partition coefficient (Wildman–Crippen LogP) is 2.48. The van der Waals surface area contributed by atoms with Gasteiger partial charge in [-0.15, -0.1) is 0 Å². The molecule has 0 spiro atoms. The first-order valence-electron chi connectivity index (χ1n) is 6.75. The van der Waals surface area contributed by atoms with Crippen molar-refractivity contribution < 1.29 is 16.8 Å². The van der Waals surface area contributed by atoms with Crippen molar-refractivity contribution >= 4 is 31.4 Å². The van der Waals surface area contributed by atoms with Gasteiger partial charge in [-0.3, -0.25) is 9.44 Å². The molecule has 8 heteroatoms. The Morgan fingerprint density at radius 3 is 2.04 bits per heavy atom. The summed E-state index contributed by atoms with van der Waals surface area (Å²) in [6, 6.07) is 11.2. The number of anilines is 2. The standard InChI is InChI=1S/C15H18N2O4S2/c1-11-7-8-12(2)15(9-11)23(20,21)17-14-6-4-5-13(10-14)16-22(3,18)19/h4-10,16-17H,1-3H3. The van der Waals surface area contributed by atoms with E-state index in [0.717, 1.165) is 11.8 Å². The Hall–Kier alpha value is -2.06. The summed E-state index contributed by atoms with van der Waals surface area (Å²) in [5, 5.41) is 0. The van der Waals surface area contributed by atoms with Crippen LogP contribution in [0.1, 0.15) is 11.1 Å². The van der Waals surface area contributed by atoms with Crippen molar-refractivity contribution in [2.24, 2.45) is 0 Å². The van der Waals surface area contributed by atoms with Crippen LogP contribution in [0.4, 0.5) is 11.4 Å². The van der Waals surface area contributed by atoms with E-state index in [4.69, 9.17) is 0 Å². The third-order valence-electron chi connectivity index (χ3n) is 3.05. The van der Waals surface area contributed by atoms with Crippen molar-refractivity contribution in [2.75, 3.05) is 15.7 Å². The van der Waals surface area contributed by atoms with Crippen LogP contribution in [0, 0.1) is 13.8 Å². The van der Waals surface area contributed by atoms with Crippen LogP contribution >= 0.6 is 0 Å². The van der Waals surface area contributed by atoms with Crippen molar-refractivity contribution in [3.05, 3.63) is 53.6 Å². The second-order valence-electron chi connectivity index (χ2n) is 5.33. The van der Waals surface area contributed by atoms with Crippen molar-refractivity contribution in [2.45, 2.75) is 18.7 Å². The largest absolute Gasteiger partial charge is 0.284 e. The van der Waals surface area contributed by atoms with Gasteiger partial charge in [-0.2, -0.15) is 0 Å². The minimum Gasteiger partial charge on any atom is -0.284 e. The molecule has 0 aliphatic carbocycles. The molecule has 0 aromatic heterocycles. The van der Waals surface area contributed by atoms with E-state index in [2.05, 4.69) is 9.44 Å². The van der Waals surface area contributed by atoms with Crippen LogP contribution in [-0.4, -0.2) is 23.1 Å². The second kappa shape index (κ2) is 6.21. The summed E-state index contributed by atoms with van der Waals surface area (Å²) in [4.78, 5) is 0.193. The van der Waals surface area contributed by atoms with E-state index in [9.17, 15) is 16.8 Å². The molecule has 0 saturated carbocycles. The molecule has 2 aromatic rings. The SMILES string of the molecule is Cc1ccc(C)c(S(=O)(=O)Nc2cccc(NS(C)(=O)=O)c2)c1. The van der Waals surface area contributed by atoms with Gasteiger partial charge in [-0.05, 0) is 49.2 Å². The smallest absolute Gasteiger partial charge is 0.262 e. The van der Waals surface area contributed by atoms with Gasteiger partial charge < -0.3 is 0 Å². The van der Waals surface area contributed by atoms with E-state index in [1.807, 2.05) is 13.0 Å². The number of hydrogen-bond acceptors (Lipinski definition) is 4. The topological polar surface area (TPSA) is 92.3 Å². The Morgan fingerprint density at radius 2 is 1.43 bits per heavy atom. The molecule has 2 rings (SSSR count). The number of hydrogen-bond donors (Lipinski definition) is 2. The Kier molecular flexibility index (Phi) is 4.67. The summed E-state index contributed by atoms with van der Waals surface area (Å²) in [7, 11) is -7.18. The summed E-state index contributed by atoms with van der Waals surface area (Å²) in [6.07, 6.45) is 1.03. The summed E-state index contributed by atoms with van der Waals surface area (Å²) < 4.78 is 52.3. The molecule has 0 atom stereocenters. The third kappa shape index (κ3) is 4.70. The molecule has 6 nitrogen and oxygen atoms in total. The molecule has 0 aliphatic rings. The second-order valence-corrected chi connectivity index (χ2v) is 8.73. The Bertz CT molecular complexity index is 936. The van der Waals surface area contributed by atoms with Gasteiger partial charge in [0.1, 0.15) is 0 Å². The lowest BCUT2D eigenvalue weighted by atomic mass is 10.2. The summed E-state index contributed by atoms with van der Waals surface area (Å²) >= 11 is 0. The minimum absolute atomic E-state index is 0.193. The zero-order valence-corrected chi connectivity index (χ0v) is 14.6. The lowest BCUT2D eigenvalue weighted by Crippen LogP contribution is -2.15. The molecular formula is C15H18N2O4S2. The fraction of sp³-hybridized carbons (Fsp3) is 0.200. The molecule has 2 aromatic carbocycles. The van der Waals surface area contributed by atoms with Crippen LogP contribution in [-0.2, 0) is 20.0 Å². The maximum Gasteiger partial charge on any atom is 0.262 e. The molecule has 23 heavy (non-hydrogen) atoms. The number of benzene rings is 2. The highest BCUT2D eigenvalue weighted by atomic mass is 32.2. The van der Waals surface area contributed by atoms with Gasteiger partial charge >= 0.3 is 0 Å². The van der Waals surface area contributed by atoms with Gasteiger partial charge in [-0.25, -0.2) is 16.8 Å². The highest BCUT2D eigenvalue weighted by Crippen LogP contribution is 2.22. The van der Waals surface area contributed by atoms with Gasteiger partial charge in [-0.1, -0.05) is 18.2 Å². The average Bonchev–Trinajstić information content (AvgIpc) is 2.39. The van der Waals surface area contributed by atoms with E-state index >= 15 is 0 Å². The quantitative estimate of drug-likeness (QED) is 0.863. The summed E-state index contributed by atoms with van der Waals surface area (Å²) in [5.41, 5.74) is 2.03. The zero-order valence-electron chi connectivity index (χ0n) is 13.0. The third-order valence-corrected chi connectivity index (χ3v) is 5.18. The number of aryl methyl sites for hydroxylation is 2. The normalized spacial score (nSPS) is 12.0. The first-order chi connectivity index (χ1) is 10.6. The number of nitrogens with one attached hydrogen (secondary N) is 2. The van der Waals surface area contributed by atoms with Gasteiger partial charge in [0.05, 0.1) is 22.5 Å². The van der Waals surface area contributed by atoms with Crippen LogP contribution in [0.25, 0.3) is 0 Å². The van der Waals surface area contributed by atoms with Crippen molar-refractivity contribution in [3.63, 3.8) is 0 Å². The van der Waals surface area contributed by atoms with Gasteiger partial charge in [0.25, 0.3) is 10.0 Å². The van der Waals surface area contributed by atoms with Crippen molar-refractivity contribution in [1.82, 2.24) is 0 Å². The molecule has 2 N–H and O–H groups in total. The lowest BCUT2D eigenvalue weighted by molar-refractivity contribution is 0.600. The van der Waals surface area contributed by atoms with E-state index < -0.39 is 20.0 Å². The highest BCUT2D eigenvalue weighted by Gasteiger charge is 2.17. The first-order valence-corrected chi connectivity index (χ1v) is 10.1. The van der Waals surface area contributed by atoms with E-state index in [-0.39, 0.29) is 16.3 Å². The van der Waals surface area contributed by atoms with E-state index in [1.54, 1.807) is 31.2 Å². The van der Waals surface area contributed by atoms with E-state index in [1.165, 1.54) is 12.1 Å². The number of sulfonamides is 2. The molecule has 0 radical (unpaired) electrons. The van der Waals surface area contributed by atoms with Crippen LogP contribution in [0.15, 0.2) is 47.4 Å². The predicted molar refractivity (Wildman–Crippen MR) is 91.6 cm³/mol. The van der Waals surface area contributed by atoms with Gasteiger partial charge in [0.2, 0.25) is 10.0 Å². The molecule has 0 unspecified atom stereocenters. The minimum atomic E-state index is -3.75. The van der Waals surface area contributed by atoms with Crippen LogP contribution < -0.4 is 9.44 Å². The maximum absolute atomic E-state index is 12.5. The summed E-state index contributed by atoms with van der Waals surface area (Å²) in [6.45, 7) is 3.53. The van der Waals surface area contributed by atoms with Crippen molar-refractivity contribution in [3.8, 4) is 0 Å². The Morgan fingerprint density at radius 1 is 0.826 bits per heavy atom. The Balaban J connectivity index is 2.34. The van der Waals surface area contributed by atoms with Crippen LogP contribution in [0.2, 0.25) is 0 Å². The van der Waals surface area contributed by atoms with Crippen molar-refractivity contribution in [1.29, 1.82) is 0 Å². The first kappa shape index (κ1) is 17.3. The average molecular weight is 354 g/mol. The molecule has 0 amide bonds. The fourth-order valence-electron chi connectivity index (χ4n) is 2.07. The summed E-state index contributed by atoms with van der Waals surface area (Å²) in [5.74, 6) is 0. The Labute approximate surface area is 136 Å². The molecule has 0 saturated heterocycles. The molecule has 124 valence electrons. The molecule has 0 aliphatic heterocycles. The van der Waals surface area contributed by atoms with Crippen LogP contribution in [0.3, 0.4) is 0 Å². The van der Waals surface area contributed by atoms with Gasteiger partial charge in [0.15, 0.2) is 0 Å². The zero-order chi connectivity index (χ0) is 17.3. The molecular weight excluding hydrogens is 336 g/mol. The van der Waals surface area contributed by atoms with Gasteiger partial charge in [0, 0.05) is 0 Å². The maximum atomic E-state index is 12.5. The lowest BCUT2D eigenvalue weighted by Gasteiger charge is -2.12. The number of rotatable bonds is 5. The monoisotopic (exact) mass is 354 g/mol. The molecule has 0 heterocycles. The molecule has 0 fully saturated rings. The fourth-order valence-corrected chi connectivity index (χ4v) is 4.00. The van der Waals surface area contributed by atoms with Crippen LogP contribution in [0.5, 0.6) is 0 Å².